The molecule has 3 aromatic carbocycles. The standard InChI is InChI=1S/C27H26N2O2S/c1-4-19-14-16-21(17-15-19)29-24(30)26(2,3)32-27(29)22-12-8-9-13-23(22)28(25(27)31)18-20-10-6-5-7-11-20/h5-17H,4,18H2,1-3H3. The maximum atomic E-state index is 14.2. The van der Waals surface area contributed by atoms with E-state index in [0.29, 0.717) is 6.54 Å². The van der Waals surface area contributed by atoms with Gasteiger partial charge in [0.1, 0.15) is 0 Å². The van der Waals surface area contributed by atoms with Gasteiger partial charge in [-0.15, -0.1) is 11.8 Å². The number of nitrogens with zero attached hydrogens (tertiary/aromatic N) is 2. The molecule has 1 fully saturated rings. The molecule has 5 rings (SSSR count). The monoisotopic (exact) mass is 442 g/mol. The van der Waals surface area contributed by atoms with Gasteiger partial charge in [-0.2, -0.15) is 0 Å². The zero-order valence-electron chi connectivity index (χ0n) is 18.5. The lowest BCUT2D eigenvalue weighted by molar-refractivity contribution is -0.125. The maximum Gasteiger partial charge on any atom is 0.269 e. The molecule has 0 N–H and O–H groups in total. The molecule has 2 heterocycles. The summed E-state index contributed by atoms with van der Waals surface area (Å²) in [5, 5.41) is 0. The third-order valence-corrected chi connectivity index (χ3v) is 7.87. The number of rotatable bonds is 4. The van der Waals surface area contributed by atoms with Gasteiger partial charge in [-0.3, -0.25) is 14.5 Å². The Morgan fingerprint density at radius 1 is 0.781 bits per heavy atom. The van der Waals surface area contributed by atoms with E-state index in [1.807, 2.05) is 97.6 Å². The van der Waals surface area contributed by atoms with E-state index in [1.165, 1.54) is 17.3 Å². The lowest BCUT2D eigenvalue weighted by atomic mass is 10.0. The molecule has 1 spiro atoms. The van der Waals surface area contributed by atoms with E-state index in [4.69, 9.17) is 0 Å². The van der Waals surface area contributed by atoms with Crippen LogP contribution in [0.4, 0.5) is 11.4 Å². The van der Waals surface area contributed by atoms with Gasteiger partial charge < -0.3 is 4.90 Å². The van der Waals surface area contributed by atoms with Crippen molar-refractivity contribution in [3.63, 3.8) is 0 Å². The number of fused-ring (bicyclic) bond motifs is 2. The Balaban J connectivity index is 1.68. The molecule has 1 unspecified atom stereocenters. The molecule has 0 aliphatic carbocycles. The first kappa shape index (κ1) is 20.8. The van der Waals surface area contributed by atoms with E-state index in [1.54, 1.807) is 4.90 Å². The van der Waals surface area contributed by atoms with Gasteiger partial charge in [-0.05, 0) is 49.6 Å². The quantitative estimate of drug-likeness (QED) is 0.535. The molecule has 1 atom stereocenters. The molecule has 5 heteroatoms. The number of benzene rings is 3. The predicted molar refractivity (Wildman–Crippen MR) is 131 cm³/mol. The molecule has 2 amide bonds. The second-order valence-electron chi connectivity index (χ2n) is 8.81. The van der Waals surface area contributed by atoms with Gasteiger partial charge in [0, 0.05) is 11.3 Å². The van der Waals surface area contributed by atoms with Crippen LogP contribution in [-0.2, 0) is 27.4 Å². The zero-order valence-corrected chi connectivity index (χ0v) is 19.4. The van der Waals surface area contributed by atoms with Gasteiger partial charge in [0.2, 0.25) is 10.8 Å². The highest BCUT2D eigenvalue weighted by molar-refractivity contribution is 8.03. The van der Waals surface area contributed by atoms with E-state index in [-0.39, 0.29) is 11.8 Å². The summed E-state index contributed by atoms with van der Waals surface area (Å²) < 4.78 is -0.727. The molecule has 0 saturated carbocycles. The van der Waals surface area contributed by atoms with Crippen molar-refractivity contribution in [2.75, 3.05) is 9.80 Å². The molecule has 162 valence electrons. The van der Waals surface area contributed by atoms with Crippen molar-refractivity contribution in [1.82, 2.24) is 0 Å². The molecule has 3 aromatic rings. The van der Waals surface area contributed by atoms with E-state index < -0.39 is 9.62 Å². The average molecular weight is 443 g/mol. The van der Waals surface area contributed by atoms with E-state index in [2.05, 4.69) is 6.92 Å². The van der Waals surface area contributed by atoms with Crippen LogP contribution < -0.4 is 9.80 Å². The first-order valence-corrected chi connectivity index (χ1v) is 11.8. The normalized spacial score (nSPS) is 21.5. The van der Waals surface area contributed by atoms with Gasteiger partial charge in [0.05, 0.1) is 17.0 Å². The summed E-state index contributed by atoms with van der Waals surface area (Å²) in [6, 6.07) is 25.9. The van der Waals surface area contributed by atoms with Crippen LogP contribution in [0.1, 0.15) is 37.5 Å². The smallest absolute Gasteiger partial charge is 0.269 e. The minimum Gasteiger partial charge on any atom is -0.304 e. The summed E-state index contributed by atoms with van der Waals surface area (Å²) in [5.74, 6) is -0.109. The lowest BCUT2D eigenvalue weighted by Crippen LogP contribution is -2.50. The maximum absolute atomic E-state index is 14.2. The molecule has 32 heavy (non-hydrogen) atoms. The fourth-order valence-corrected chi connectivity index (χ4v) is 6.37. The van der Waals surface area contributed by atoms with E-state index >= 15 is 0 Å². The largest absolute Gasteiger partial charge is 0.304 e. The van der Waals surface area contributed by atoms with Gasteiger partial charge in [-0.1, -0.05) is 67.6 Å². The van der Waals surface area contributed by atoms with Crippen LogP contribution in [0, 0.1) is 0 Å². The van der Waals surface area contributed by atoms with Crippen molar-refractivity contribution >= 4 is 35.0 Å². The minimum atomic E-state index is -1.11. The Bertz CT molecular complexity index is 1190. The third-order valence-electron chi connectivity index (χ3n) is 6.32. The van der Waals surface area contributed by atoms with Crippen molar-refractivity contribution < 1.29 is 9.59 Å². The Morgan fingerprint density at radius 3 is 2.12 bits per heavy atom. The van der Waals surface area contributed by atoms with E-state index in [0.717, 1.165) is 28.9 Å². The van der Waals surface area contributed by atoms with Crippen LogP contribution in [0.15, 0.2) is 78.9 Å². The molecule has 1 saturated heterocycles. The molecular weight excluding hydrogens is 416 g/mol. The number of aryl methyl sites for hydroxylation is 1. The van der Waals surface area contributed by atoms with Crippen molar-refractivity contribution in [1.29, 1.82) is 0 Å². The number of hydrogen-bond donors (Lipinski definition) is 0. The summed E-state index contributed by atoms with van der Waals surface area (Å²) in [6.45, 7) is 6.40. The second-order valence-corrected chi connectivity index (χ2v) is 10.6. The Morgan fingerprint density at radius 2 is 1.44 bits per heavy atom. The summed E-state index contributed by atoms with van der Waals surface area (Å²) in [6.07, 6.45) is 0.923. The van der Waals surface area contributed by atoms with Gasteiger partial charge >= 0.3 is 0 Å². The number of anilines is 2. The number of para-hydroxylation sites is 1. The fraction of sp³-hybridized carbons (Fsp3) is 0.259. The van der Waals surface area contributed by atoms with Crippen LogP contribution in [0.2, 0.25) is 0 Å². The van der Waals surface area contributed by atoms with Crippen LogP contribution in [0.25, 0.3) is 0 Å². The first-order valence-electron chi connectivity index (χ1n) is 11.0. The third kappa shape index (κ3) is 2.99. The molecule has 4 nitrogen and oxygen atoms in total. The number of carbonyl (C=O) groups is 2. The lowest BCUT2D eigenvalue weighted by Gasteiger charge is -2.33. The van der Waals surface area contributed by atoms with Crippen molar-refractivity contribution in [3.8, 4) is 0 Å². The molecule has 2 aliphatic heterocycles. The molecule has 0 radical (unpaired) electrons. The Kier molecular flexibility index (Phi) is 4.90. The average Bonchev–Trinajstić information content (AvgIpc) is 3.17. The van der Waals surface area contributed by atoms with Crippen molar-refractivity contribution in [3.05, 3.63) is 95.6 Å². The van der Waals surface area contributed by atoms with Gasteiger partial charge in [-0.25, -0.2) is 0 Å². The first-order chi connectivity index (χ1) is 15.4. The van der Waals surface area contributed by atoms with Crippen LogP contribution >= 0.6 is 11.8 Å². The highest BCUT2D eigenvalue weighted by Crippen LogP contribution is 2.61. The summed E-state index contributed by atoms with van der Waals surface area (Å²) >= 11 is 1.45. The predicted octanol–water partition coefficient (Wildman–Crippen LogP) is 5.51. The fourth-order valence-electron chi connectivity index (χ4n) is 4.69. The van der Waals surface area contributed by atoms with Crippen LogP contribution in [-0.4, -0.2) is 16.6 Å². The molecule has 0 bridgehead atoms. The minimum absolute atomic E-state index is 0.0449. The Labute approximate surface area is 193 Å². The summed E-state index contributed by atoms with van der Waals surface area (Å²) in [5.41, 5.74) is 4.76. The number of hydrogen-bond acceptors (Lipinski definition) is 3. The van der Waals surface area contributed by atoms with Crippen molar-refractivity contribution in [2.24, 2.45) is 0 Å². The topological polar surface area (TPSA) is 40.6 Å². The number of thioether (sulfide) groups is 1. The number of carbonyl (C=O) groups excluding carboxylic acids is 2. The summed E-state index contributed by atoms with van der Waals surface area (Å²) in [7, 11) is 0. The molecule has 2 aliphatic rings. The van der Waals surface area contributed by atoms with Crippen molar-refractivity contribution in [2.45, 2.75) is 43.4 Å². The second kappa shape index (κ2) is 7.52. The van der Waals surface area contributed by atoms with E-state index in [9.17, 15) is 9.59 Å². The van der Waals surface area contributed by atoms with Gasteiger partial charge in [0.15, 0.2) is 0 Å². The highest BCUT2D eigenvalue weighted by Gasteiger charge is 2.66. The van der Waals surface area contributed by atoms with Crippen LogP contribution in [0.5, 0.6) is 0 Å². The number of amides is 2. The SMILES string of the molecule is CCc1ccc(N2C(=O)C(C)(C)SC23C(=O)N(Cc2ccccc2)c2ccccc23)cc1. The molecular formula is C27H26N2O2S. The van der Waals surface area contributed by atoms with Gasteiger partial charge in [0.25, 0.3) is 5.91 Å². The highest BCUT2D eigenvalue weighted by atomic mass is 32.2. The Hall–Kier alpha value is -3.05. The van der Waals surface area contributed by atoms with Crippen LogP contribution in [0.3, 0.4) is 0 Å². The summed E-state index contributed by atoms with van der Waals surface area (Å²) in [4.78, 5) is 30.4. The molecule has 0 aromatic heterocycles. The zero-order chi connectivity index (χ0) is 22.5.